The van der Waals surface area contributed by atoms with E-state index in [0.29, 0.717) is 23.8 Å². The summed E-state index contributed by atoms with van der Waals surface area (Å²) in [6, 6.07) is 10.5. The minimum Gasteiger partial charge on any atom is -0.414 e. The van der Waals surface area contributed by atoms with Crippen LogP contribution in [0.15, 0.2) is 40.1 Å². The molecule has 2 aromatic heterocycles. The first-order valence-corrected chi connectivity index (χ1v) is 9.96. The number of para-hydroxylation sites is 1. The summed E-state index contributed by atoms with van der Waals surface area (Å²) in [5.74, 6) is 0.628. The second-order valence-corrected chi connectivity index (χ2v) is 7.79. The van der Waals surface area contributed by atoms with Gasteiger partial charge in [0, 0.05) is 37.2 Å². The van der Waals surface area contributed by atoms with E-state index in [1.54, 1.807) is 16.0 Å². The summed E-state index contributed by atoms with van der Waals surface area (Å²) in [6.07, 6.45) is 0.586. The van der Waals surface area contributed by atoms with E-state index in [-0.39, 0.29) is 0 Å². The van der Waals surface area contributed by atoms with Gasteiger partial charge in [-0.1, -0.05) is 18.2 Å². The molecule has 3 heterocycles. The molecule has 0 atom stereocenters. The van der Waals surface area contributed by atoms with Crippen LogP contribution < -0.4 is 4.90 Å². The van der Waals surface area contributed by atoms with Gasteiger partial charge in [0.15, 0.2) is 0 Å². The third-order valence-electron chi connectivity index (χ3n) is 4.47. The predicted octanol–water partition coefficient (Wildman–Crippen LogP) is 3.34. The highest BCUT2D eigenvalue weighted by Gasteiger charge is 2.18. The SMILES string of the molecule is Cc1nc(Cc2nn(CN3CCN(c4ccccc4)CC3)c(=S)o2)cs1. The van der Waals surface area contributed by atoms with E-state index >= 15 is 0 Å². The Morgan fingerprint density at radius 3 is 2.62 bits per heavy atom. The summed E-state index contributed by atoms with van der Waals surface area (Å²) in [5.41, 5.74) is 2.26. The fourth-order valence-electron chi connectivity index (χ4n) is 3.13. The molecular formula is C18H21N5OS2. The number of piperazine rings is 1. The number of anilines is 1. The number of aryl methyl sites for hydroxylation is 1. The lowest BCUT2D eigenvalue weighted by molar-refractivity contribution is 0.192. The zero-order valence-electron chi connectivity index (χ0n) is 14.7. The van der Waals surface area contributed by atoms with Crippen LogP contribution >= 0.6 is 23.6 Å². The van der Waals surface area contributed by atoms with Crippen molar-refractivity contribution in [2.45, 2.75) is 20.0 Å². The molecule has 4 rings (SSSR count). The molecule has 0 unspecified atom stereocenters. The number of nitrogens with zero attached hydrogens (tertiary/aromatic N) is 5. The highest BCUT2D eigenvalue weighted by Crippen LogP contribution is 2.16. The van der Waals surface area contributed by atoms with Gasteiger partial charge in [-0.2, -0.15) is 0 Å². The molecule has 8 heteroatoms. The molecule has 3 aromatic rings. The van der Waals surface area contributed by atoms with Crippen LogP contribution in [0.3, 0.4) is 0 Å². The average Bonchev–Trinajstić information content (AvgIpc) is 3.22. The Morgan fingerprint density at radius 1 is 1.15 bits per heavy atom. The van der Waals surface area contributed by atoms with Crippen molar-refractivity contribution in [3.8, 4) is 0 Å². The van der Waals surface area contributed by atoms with Crippen LogP contribution in [0, 0.1) is 11.8 Å². The number of aromatic nitrogens is 3. The molecular weight excluding hydrogens is 366 g/mol. The summed E-state index contributed by atoms with van der Waals surface area (Å²) in [6.45, 7) is 6.62. The molecule has 0 bridgehead atoms. The number of thiazole rings is 1. The second kappa shape index (κ2) is 7.69. The maximum Gasteiger partial charge on any atom is 0.288 e. The zero-order chi connectivity index (χ0) is 17.9. The molecule has 0 saturated carbocycles. The molecule has 1 aromatic carbocycles. The van der Waals surface area contributed by atoms with Crippen LogP contribution in [0.1, 0.15) is 16.6 Å². The molecule has 1 aliphatic heterocycles. The van der Waals surface area contributed by atoms with Gasteiger partial charge in [0.2, 0.25) is 5.89 Å². The fourth-order valence-corrected chi connectivity index (χ4v) is 3.94. The first kappa shape index (κ1) is 17.4. The van der Waals surface area contributed by atoms with Crippen molar-refractivity contribution in [1.29, 1.82) is 0 Å². The van der Waals surface area contributed by atoms with E-state index in [1.165, 1.54) is 5.69 Å². The molecule has 0 radical (unpaired) electrons. The molecule has 26 heavy (non-hydrogen) atoms. The Balaban J connectivity index is 1.35. The first-order valence-electron chi connectivity index (χ1n) is 8.67. The highest BCUT2D eigenvalue weighted by atomic mass is 32.1. The largest absolute Gasteiger partial charge is 0.414 e. The molecule has 1 saturated heterocycles. The summed E-state index contributed by atoms with van der Waals surface area (Å²) in [7, 11) is 0. The topological polar surface area (TPSA) is 50.3 Å². The maximum atomic E-state index is 5.65. The minimum absolute atomic E-state index is 0.428. The van der Waals surface area contributed by atoms with E-state index in [4.69, 9.17) is 16.6 Å². The molecule has 0 N–H and O–H groups in total. The normalized spacial score (nSPS) is 15.5. The van der Waals surface area contributed by atoms with Crippen molar-refractivity contribution in [3.63, 3.8) is 0 Å². The van der Waals surface area contributed by atoms with Crippen molar-refractivity contribution in [2.24, 2.45) is 0 Å². The van der Waals surface area contributed by atoms with Crippen molar-refractivity contribution >= 4 is 29.2 Å². The first-order chi connectivity index (χ1) is 12.7. The monoisotopic (exact) mass is 387 g/mol. The van der Waals surface area contributed by atoms with Crippen molar-refractivity contribution in [3.05, 3.63) is 57.1 Å². The van der Waals surface area contributed by atoms with Gasteiger partial charge < -0.3 is 9.32 Å². The summed E-state index contributed by atoms with van der Waals surface area (Å²) in [4.78, 5) is 9.65. The molecule has 136 valence electrons. The molecule has 0 aliphatic carbocycles. The van der Waals surface area contributed by atoms with Crippen molar-refractivity contribution < 1.29 is 4.42 Å². The molecule has 1 fully saturated rings. The van der Waals surface area contributed by atoms with Gasteiger partial charge in [0.05, 0.1) is 23.8 Å². The van der Waals surface area contributed by atoms with Crippen LogP contribution in [0.2, 0.25) is 0 Å². The lowest BCUT2D eigenvalue weighted by atomic mass is 10.2. The number of hydrogen-bond acceptors (Lipinski definition) is 7. The molecule has 6 nitrogen and oxygen atoms in total. The maximum absolute atomic E-state index is 5.65. The molecule has 1 aliphatic rings. The second-order valence-electron chi connectivity index (χ2n) is 6.38. The van der Waals surface area contributed by atoms with Crippen LogP contribution in [0.5, 0.6) is 0 Å². The Kier molecular flexibility index (Phi) is 5.14. The van der Waals surface area contributed by atoms with Crippen molar-refractivity contribution in [2.75, 3.05) is 31.1 Å². The molecule has 0 spiro atoms. The van der Waals surface area contributed by atoms with Gasteiger partial charge in [-0.05, 0) is 31.3 Å². The minimum atomic E-state index is 0.428. The Morgan fingerprint density at radius 2 is 1.92 bits per heavy atom. The fraction of sp³-hybridized carbons (Fsp3) is 0.389. The van der Waals surface area contributed by atoms with Gasteiger partial charge in [-0.3, -0.25) is 4.90 Å². The van der Waals surface area contributed by atoms with E-state index in [2.05, 4.69) is 50.2 Å². The van der Waals surface area contributed by atoms with Gasteiger partial charge in [0.25, 0.3) is 4.84 Å². The van der Waals surface area contributed by atoms with E-state index < -0.39 is 0 Å². The van der Waals surface area contributed by atoms with Crippen LogP contribution in [-0.2, 0) is 13.1 Å². The summed E-state index contributed by atoms with van der Waals surface area (Å²) in [5, 5.41) is 7.63. The van der Waals surface area contributed by atoms with Crippen LogP contribution in [0.25, 0.3) is 0 Å². The zero-order valence-corrected chi connectivity index (χ0v) is 16.3. The van der Waals surface area contributed by atoms with E-state index in [9.17, 15) is 0 Å². The lowest BCUT2D eigenvalue weighted by Gasteiger charge is -2.35. The Labute approximate surface area is 161 Å². The lowest BCUT2D eigenvalue weighted by Crippen LogP contribution is -2.46. The van der Waals surface area contributed by atoms with Crippen LogP contribution in [-0.4, -0.2) is 45.8 Å². The number of hydrogen-bond donors (Lipinski definition) is 0. The quantitative estimate of drug-likeness (QED) is 0.626. The molecule has 0 amide bonds. The van der Waals surface area contributed by atoms with Gasteiger partial charge in [-0.25, -0.2) is 9.67 Å². The van der Waals surface area contributed by atoms with E-state index in [0.717, 1.165) is 36.9 Å². The standard InChI is InChI=1S/C18H21N5OS2/c1-14-19-15(12-26-14)11-17-20-23(18(25)24-17)13-21-7-9-22(10-8-21)16-5-3-2-4-6-16/h2-6,12H,7-11,13H2,1H3. The van der Waals surface area contributed by atoms with E-state index in [1.807, 2.05) is 12.3 Å². The highest BCUT2D eigenvalue weighted by molar-refractivity contribution is 7.71. The Bertz CT molecular complexity index is 909. The van der Waals surface area contributed by atoms with Gasteiger partial charge >= 0.3 is 0 Å². The summed E-state index contributed by atoms with van der Waals surface area (Å²) < 4.78 is 7.43. The number of benzene rings is 1. The third kappa shape index (κ3) is 4.03. The number of rotatable bonds is 5. The van der Waals surface area contributed by atoms with Gasteiger partial charge in [-0.15, -0.1) is 16.4 Å². The third-order valence-corrected chi connectivity index (χ3v) is 5.59. The van der Waals surface area contributed by atoms with Crippen molar-refractivity contribution in [1.82, 2.24) is 19.7 Å². The smallest absolute Gasteiger partial charge is 0.288 e. The van der Waals surface area contributed by atoms with Crippen LogP contribution in [0.4, 0.5) is 5.69 Å². The van der Waals surface area contributed by atoms with Gasteiger partial charge in [0.1, 0.15) is 0 Å². The summed E-state index contributed by atoms with van der Waals surface area (Å²) >= 11 is 6.98. The Hall–Kier alpha value is -2.03. The average molecular weight is 388 g/mol. The predicted molar refractivity (Wildman–Crippen MR) is 105 cm³/mol.